The fourth-order valence-electron chi connectivity index (χ4n) is 2.29. The van der Waals surface area contributed by atoms with Crippen LogP contribution in [0.15, 0.2) is 24.3 Å². The van der Waals surface area contributed by atoms with Crippen LogP contribution in [0.5, 0.6) is 0 Å². The van der Waals surface area contributed by atoms with E-state index in [1.54, 1.807) is 0 Å². The minimum absolute atomic E-state index is 0.584. The summed E-state index contributed by atoms with van der Waals surface area (Å²) in [5.74, 6) is 0. The van der Waals surface area contributed by atoms with Crippen molar-refractivity contribution in [3.8, 4) is 0 Å². The second-order valence-electron chi connectivity index (χ2n) is 4.50. The van der Waals surface area contributed by atoms with Crippen LogP contribution in [0, 0.1) is 3.57 Å². The molecule has 1 N–H and O–H groups in total. The van der Waals surface area contributed by atoms with E-state index in [2.05, 4.69) is 70.9 Å². The van der Waals surface area contributed by atoms with E-state index in [-0.39, 0.29) is 0 Å². The normalized spacial score (nSPS) is 25.8. The maximum Gasteiger partial charge on any atom is 0.0412 e. The SMILES string of the molecule is CCC1CNC(C)CN1c1cccc(I)c1. The van der Waals surface area contributed by atoms with Gasteiger partial charge in [-0.2, -0.15) is 0 Å². The Balaban J connectivity index is 2.22. The van der Waals surface area contributed by atoms with Crippen molar-refractivity contribution < 1.29 is 0 Å². The van der Waals surface area contributed by atoms with Crippen molar-refractivity contribution in [1.29, 1.82) is 0 Å². The molecule has 88 valence electrons. The molecule has 1 aliphatic heterocycles. The van der Waals surface area contributed by atoms with Crippen LogP contribution in [0.25, 0.3) is 0 Å². The summed E-state index contributed by atoms with van der Waals surface area (Å²) in [5, 5.41) is 3.55. The fraction of sp³-hybridized carbons (Fsp3) is 0.538. The van der Waals surface area contributed by atoms with Gasteiger partial charge in [0.15, 0.2) is 0 Å². The van der Waals surface area contributed by atoms with Crippen LogP contribution < -0.4 is 10.2 Å². The third-order valence-corrected chi connectivity index (χ3v) is 3.90. The fourth-order valence-corrected chi connectivity index (χ4v) is 2.82. The van der Waals surface area contributed by atoms with Gasteiger partial charge in [-0.25, -0.2) is 0 Å². The molecule has 0 bridgehead atoms. The Bertz CT molecular complexity index is 354. The van der Waals surface area contributed by atoms with Gasteiger partial charge in [0.1, 0.15) is 0 Å². The van der Waals surface area contributed by atoms with E-state index < -0.39 is 0 Å². The Labute approximate surface area is 112 Å². The summed E-state index contributed by atoms with van der Waals surface area (Å²) in [6.45, 7) is 6.73. The van der Waals surface area contributed by atoms with Crippen LogP contribution in [0.4, 0.5) is 5.69 Å². The average Bonchev–Trinajstić information content (AvgIpc) is 2.29. The minimum atomic E-state index is 0.584. The van der Waals surface area contributed by atoms with Gasteiger partial charge in [-0.3, -0.25) is 0 Å². The summed E-state index contributed by atoms with van der Waals surface area (Å²) in [4.78, 5) is 2.54. The smallest absolute Gasteiger partial charge is 0.0412 e. The molecule has 1 fully saturated rings. The van der Waals surface area contributed by atoms with Crippen molar-refractivity contribution in [2.24, 2.45) is 0 Å². The van der Waals surface area contributed by atoms with Gasteiger partial charge in [-0.15, -0.1) is 0 Å². The third kappa shape index (κ3) is 2.69. The van der Waals surface area contributed by atoms with Crippen LogP contribution in [-0.4, -0.2) is 25.2 Å². The van der Waals surface area contributed by atoms with Crippen molar-refractivity contribution >= 4 is 28.3 Å². The molecule has 1 aromatic rings. The molecule has 1 heterocycles. The van der Waals surface area contributed by atoms with E-state index in [9.17, 15) is 0 Å². The van der Waals surface area contributed by atoms with Gasteiger partial charge >= 0.3 is 0 Å². The summed E-state index contributed by atoms with van der Waals surface area (Å²) >= 11 is 2.38. The van der Waals surface area contributed by atoms with Gasteiger partial charge in [-0.1, -0.05) is 13.0 Å². The van der Waals surface area contributed by atoms with Gasteiger partial charge in [0, 0.05) is 34.4 Å². The van der Waals surface area contributed by atoms with Crippen LogP contribution in [0.2, 0.25) is 0 Å². The van der Waals surface area contributed by atoms with Crippen molar-refractivity contribution in [3.63, 3.8) is 0 Å². The minimum Gasteiger partial charge on any atom is -0.366 e. The lowest BCUT2D eigenvalue weighted by molar-refractivity contribution is 0.402. The molecule has 1 saturated heterocycles. The summed E-state index contributed by atoms with van der Waals surface area (Å²) < 4.78 is 1.32. The quantitative estimate of drug-likeness (QED) is 0.839. The van der Waals surface area contributed by atoms with E-state index in [4.69, 9.17) is 0 Å². The van der Waals surface area contributed by atoms with Crippen LogP contribution in [0.3, 0.4) is 0 Å². The molecule has 1 aliphatic rings. The average molecular weight is 330 g/mol. The van der Waals surface area contributed by atoms with Crippen molar-refractivity contribution in [2.75, 3.05) is 18.0 Å². The van der Waals surface area contributed by atoms with Gasteiger partial charge in [0.05, 0.1) is 0 Å². The highest BCUT2D eigenvalue weighted by molar-refractivity contribution is 14.1. The molecular weight excluding hydrogens is 311 g/mol. The molecule has 2 unspecified atom stereocenters. The predicted octanol–water partition coefficient (Wildman–Crippen LogP) is 2.87. The van der Waals surface area contributed by atoms with Crippen molar-refractivity contribution in [2.45, 2.75) is 32.4 Å². The van der Waals surface area contributed by atoms with E-state index in [0.29, 0.717) is 12.1 Å². The third-order valence-electron chi connectivity index (χ3n) is 3.22. The first kappa shape index (κ1) is 12.2. The van der Waals surface area contributed by atoms with Gasteiger partial charge < -0.3 is 10.2 Å². The number of piperazine rings is 1. The molecule has 2 atom stereocenters. The van der Waals surface area contributed by atoms with E-state index in [1.165, 1.54) is 15.7 Å². The molecule has 16 heavy (non-hydrogen) atoms. The second-order valence-corrected chi connectivity index (χ2v) is 5.75. The second kappa shape index (κ2) is 5.36. The largest absolute Gasteiger partial charge is 0.366 e. The number of benzene rings is 1. The standard InChI is InChI=1S/C13H19IN2/c1-3-12-8-15-10(2)9-16(12)13-6-4-5-11(14)7-13/h4-7,10,12,15H,3,8-9H2,1-2H3. The zero-order valence-electron chi connectivity index (χ0n) is 9.91. The van der Waals surface area contributed by atoms with Gasteiger partial charge in [0.2, 0.25) is 0 Å². The molecule has 0 aliphatic carbocycles. The zero-order valence-corrected chi connectivity index (χ0v) is 12.1. The maximum atomic E-state index is 3.55. The molecule has 1 aromatic carbocycles. The van der Waals surface area contributed by atoms with Crippen LogP contribution in [0.1, 0.15) is 20.3 Å². The molecule has 0 radical (unpaired) electrons. The Hall–Kier alpha value is -0.290. The molecule has 0 amide bonds. The zero-order chi connectivity index (χ0) is 11.5. The number of rotatable bonds is 2. The van der Waals surface area contributed by atoms with Crippen molar-refractivity contribution in [1.82, 2.24) is 5.32 Å². The molecule has 3 heteroatoms. The first-order valence-electron chi connectivity index (χ1n) is 5.96. The number of hydrogen-bond acceptors (Lipinski definition) is 2. The highest BCUT2D eigenvalue weighted by atomic mass is 127. The summed E-state index contributed by atoms with van der Waals surface area (Å²) in [6, 6.07) is 10.0. The summed E-state index contributed by atoms with van der Waals surface area (Å²) in [6.07, 6.45) is 1.20. The Morgan fingerprint density at radius 2 is 2.31 bits per heavy atom. The highest BCUT2D eigenvalue weighted by Crippen LogP contribution is 2.23. The van der Waals surface area contributed by atoms with Crippen molar-refractivity contribution in [3.05, 3.63) is 27.8 Å². The molecular formula is C13H19IN2. The number of anilines is 1. The van der Waals surface area contributed by atoms with E-state index in [1.807, 2.05) is 0 Å². The molecule has 0 aromatic heterocycles. The first-order chi connectivity index (χ1) is 7.70. The molecule has 2 nitrogen and oxygen atoms in total. The molecule has 0 saturated carbocycles. The number of nitrogens with one attached hydrogen (secondary N) is 1. The number of nitrogens with zero attached hydrogens (tertiary/aromatic N) is 1. The summed E-state index contributed by atoms with van der Waals surface area (Å²) in [5.41, 5.74) is 1.37. The topological polar surface area (TPSA) is 15.3 Å². The first-order valence-corrected chi connectivity index (χ1v) is 7.04. The molecule has 2 rings (SSSR count). The lowest BCUT2D eigenvalue weighted by Crippen LogP contribution is -2.55. The monoisotopic (exact) mass is 330 g/mol. The van der Waals surface area contributed by atoms with E-state index in [0.717, 1.165) is 13.1 Å². The highest BCUT2D eigenvalue weighted by Gasteiger charge is 2.24. The lowest BCUT2D eigenvalue weighted by Gasteiger charge is -2.40. The Kier molecular flexibility index (Phi) is 4.08. The Morgan fingerprint density at radius 3 is 3.00 bits per heavy atom. The molecule has 0 spiro atoms. The lowest BCUT2D eigenvalue weighted by atomic mass is 10.1. The number of halogens is 1. The van der Waals surface area contributed by atoms with Crippen LogP contribution in [-0.2, 0) is 0 Å². The van der Waals surface area contributed by atoms with Crippen LogP contribution >= 0.6 is 22.6 Å². The maximum absolute atomic E-state index is 3.55. The predicted molar refractivity (Wildman–Crippen MR) is 78.0 cm³/mol. The van der Waals surface area contributed by atoms with E-state index >= 15 is 0 Å². The van der Waals surface area contributed by atoms with Gasteiger partial charge in [-0.05, 0) is 54.1 Å². The van der Waals surface area contributed by atoms with Gasteiger partial charge in [0.25, 0.3) is 0 Å². The summed E-state index contributed by atoms with van der Waals surface area (Å²) in [7, 11) is 0. The Morgan fingerprint density at radius 1 is 1.50 bits per heavy atom. The number of hydrogen-bond donors (Lipinski definition) is 1.